The van der Waals surface area contributed by atoms with Gasteiger partial charge in [-0.3, -0.25) is 4.79 Å². The van der Waals surface area contributed by atoms with E-state index in [0.717, 1.165) is 17.2 Å². The lowest BCUT2D eigenvalue weighted by Crippen LogP contribution is -2.49. The van der Waals surface area contributed by atoms with Crippen molar-refractivity contribution >= 4 is 40.0 Å². The summed E-state index contributed by atoms with van der Waals surface area (Å²) in [6, 6.07) is 2.94. The molecule has 2 aliphatic rings. The number of ether oxygens (including phenoxy) is 2. The SMILES string of the molecule is CC1CC2CSC(N)=NC2(c2nc(NC(=O)c3ccc(OCF)cn3)cs2)CO1. The van der Waals surface area contributed by atoms with Gasteiger partial charge in [0.15, 0.2) is 5.17 Å². The van der Waals surface area contributed by atoms with E-state index >= 15 is 0 Å². The molecule has 1 fully saturated rings. The fourth-order valence-electron chi connectivity index (χ4n) is 3.45. The highest BCUT2D eigenvalue weighted by atomic mass is 32.2. The average molecular weight is 438 g/mol. The molecule has 29 heavy (non-hydrogen) atoms. The van der Waals surface area contributed by atoms with Crippen molar-refractivity contribution in [3.05, 3.63) is 34.4 Å². The van der Waals surface area contributed by atoms with E-state index in [0.29, 0.717) is 17.6 Å². The maximum absolute atomic E-state index is 12.4. The van der Waals surface area contributed by atoms with E-state index in [9.17, 15) is 9.18 Å². The minimum atomic E-state index is -0.953. The second-order valence-electron chi connectivity index (χ2n) is 6.86. The predicted molar refractivity (Wildman–Crippen MR) is 110 cm³/mol. The number of amides is 1. The molecule has 2 aliphatic heterocycles. The van der Waals surface area contributed by atoms with Crippen LogP contribution in [0.25, 0.3) is 0 Å². The Morgan fingerprint density at radius 3 is 3.14 bits per heavy atom. The minimum absolute atomic E-state index is 0.165. The highest BCUT2D eigenvalue weighted by Gasteiger charge is 2.49. The van der Waals surface area contributed by atoms with Crippen LogP contribution < -0.4 is 15.8 Å². The first-order chi connectivity index (χ1) is 14.0. The summed E-state index contributed by atoms with van der Waals surface area (Å²) in [6.45, 7) is 1.52. The van der Waals surface area contributed by atoms with E-state index in [1.165, 1.54) is 29.7 Å². The Kier molecular flexibility index (Phi) is 5.70. The number of aliphatic imine (C=N–C) groups is 1. The molecular weight excluding hydrogens is 417 g/mol. The van der Waals surface area contributed by atoms with Gasteiger partial charge in [-0.2, -0.15) is 0 Å². The van der Waals surface area contributed by atoms with Gasteiger partial charge in [0.2, 0.25) is 6.86 Å². The van der Waals surface area contributed by atoms with E-state index in [-0.39, 0.29) is 23.5 Å². The fourth-order valence-corrected chi connectivity index (χ4v) is 5.43. The summed E-state index contributed by atoms with van der Waals surface area (Å²) in [6.07, 6.45) is 2.34. The molecule has 3 N–H and O–H groups in total. The van der Waals surface area contributed by atoms with Crippen molar-refractivity contribution in [3.8, 4) is 5.75 Å². The molecule has 4 heterocycles. The molecule has 0 radical (unpaired) electrons. The van der Waals surface area contributed by atoms with Crippen LogP contribution in [0.5, 0.6) is 5.75 Å². The van der Waals surface area contributed by atoms with Crippen LogP contribution in [-0.2, 0) is 10.3 Å². The Hall–Kier alpha value is -2.24. The zero-order valence-electron chi connectivity index (χ0n) is 15.6. The van der Waals surface area contributed by atoms with Gasteiger partial charge in [0.1, 0.15) is 27.8 Å². The van der Waals surface area contributed by atoms with Gasteiger partial charge in [-0.05, 0) is 25.5 Å². The number of thioether (sulfide) groups is 1. The summed E-state index contributed by atoms with van der Waals surface area (Å²) < 4.78 is 22.8. The molecular formula is C18H20FN5O3S2. The van der Waals surface area contributed by atoms with Crippen LogP contribution in [-0.4, -0.2) is 46.4 Å². The van der Waals surface area contributed by atoms with Gasteiger partial charge in [0, 0.05) is 17.1 Å². The molecule has 1 amide bonds. The van der Waals surface area contributed by atoms with E-state index in [1.54, 1.807) is 17.1 Å². The third kappa shape index (κ3) is 4.07. The molecule has 0 spiro atoms. The number of amidine groups is 1. The molecule has 2 aromatic rings. The Balaban J connectivity index is 1.53. The maximum Gasteiger partial charge on any atom is 0.275 e. The number of nitrogens with two attached hydrogens (primary N) is 1. The number of thiazole rings is 1. The molecule has 2 aromatic heterocycles. The fraction of sp³-hybridized carbons (Fsp3) is 0.444. The summed E-state index contributed by atoms with van der Waals surface area (Å²) >= 11 is 2.98. The molecule has 8 nitrogen and oxygen atoms in total. The van der Waals surface area contributed by atoms with Crippen LogP contribution in [0.15, 0.2) is 28.7 Å². The zero-order valence-corrected chi connectivity index (χ0v) is 17.3. The zero-order chi connectivity index (χ0) is 20.4. The van der Waals surface area contributed by atoms with Gasteiger partial charge in [0.25, 0.3) is 5.91 Å². The highest BCUT2D eigenvalue weighted by molar-refractivity contribution is 8.13. The van der Waals surface area contributed by atoms with Gasteiger partial charge in [-0.1, -0.05) is 11.8 Å². The lowest BCUT2D eigenvalue weighted by Gasteiger charge is -2.44. The van der Waals surface area contributed by atoms with Crippen LogP contribution in [0.4, 0.5) is 10.2 Å². The third-order valence-corrected chi connectivity index (χ3v) is 6.89. The van der Waals surface area contributed by atoms with Crippen molar-refractivity contribution in [2.45, 2.75) is 25.0 Å². The van der Waals surface area contributed by atoms with Crippen LogP contribution in [0.1, 0.15) is 28.8 Å². The van der Waals surface area contributed by atoms with Gasteiger partial charge in [-0.25, -0.2) is 19.4 Å². The summed E-state index contributed by atoms with van der Waals surface area (Å²) in [5, 5.41) is 5.81. The topological polar surface area (TPSA) is 112 Å². The number of halogens is 1. The number of carbonyl (C=O) groups excluding carboxylic acids is 1. The van der Waals surface area contributed by atoms with Crippen molar-refractivity contribution in [1.29, 1.82) is 0 Å². The first kappa shape index (κ1) is 20.0. The second-order valence-corrected chi connectivity index (χ2v) is 8.76. The van der Waals surface area contributed by atoms with Gasteiger partial charge >= 0.3 is 0 Å². The average Bonchev–Trinajstić information content (AvgIpc) is 3.18. The lowest BCUT2D eigenvalue weighted by molar-refractivity contribution is -0.0466. The quantitative estimate of drug-likeness (QED) is 0.740. The molecule has 0 saturated carbocycles. The first-order valence-electron chi connectivity index (χ1n) is 9.02. The number of hydrogen-bond donors (Lipinski definition) is 2. The number of hydrogen-bond acceptors (Lipinski definition) is 9. The van der Waals surface area contributed by atoms with Crippen molar-refractivity contribution in [3.63, 3.8) is 0 Å². The number of pyridine rings is 1. The van der Waals surface area contributed by atoms with Gasteiger partial charge < -0.3 is 20.5 Å². The van der Waals surface area contributed by atoms with Crippen LogP contribution in [0.3, 0.4) is 0 Å². The van der Waals surface area contributed by atoms with E-state index < -0.39 is 18.3 Å². The van der Waals surface area contributed by atoms with E-state index in [1.807, 2.05) is 0 Å². The molecule has 3 atom stereocenters. The van der Waals surface area contributed by atoms with Crippen molar-refractivity contribution < 1.29 is 18.7 Å². The van der Waals surface area contributed by atoms with Gasteiger partial charge in [0.05, 0.1) is 18.9 Å². The molecule has 11 heteroatoms. The smallest absolute Gasteiger partial charge is 0.275 e. The Morgan fingerprint density at radius 2 is 2.38 bits per heavy atom. The Bertz CT molecular complexity index is 922. The standard InChI is InChI=1S/C18H20FN5O3S2/c1-10-4-11-6-29-17(20)24-18(11,8-26-10)16-23-14(7-28-16)22-15(25)13-3-2-12(5-21-13)27-9-19/h2-3,5,7,10-11H,4,6,8-9H2,1H3,(H2,20,24)(H,22,25). The number of fused-ring (bicyclic) bond motifs is 1. The van der Waals surface area contributed by atoms with Crippen LogP contribution in [0.2, 0.25) is 0 Å². The number of rotatable bonds is 5. The number of nitrogens with zero attached hydrogens (tertiary/aromatic N) is 3. The normalized spacial score (nSPS) is 26.3. The van der Waals surface area contributed by atoms with E-state index in [4.69, 9.17) is 15.5 Å². The summed E-state index contributed by atoms with van der Waals surface area (Å²) in [4.78, 5) is 25.8. The Morgan fingerprint density at radius 1 is 1.52 bits per heavy atom. The second kappa shape index (κ2) is 8.25. The van der Waals surface area contributed by atoms with Crippen molar-refractivity contribution in [2.24, 2.45) is 16.6 Å². The molecule has 0 aliphatic carbocycles. The molecule has 4 rings (SSSR count). The molecule has 1 saturated heterocycles. The Labute approximate surface area is 175 Å². The van der Waals surface area contributed by atoms with Crippen LogP contribution in [0, 0.1) is 5.92 Å². The number of anilines is 1. The molecule has 0 aromatic carbocycles. The third-order valence-electron chi connectivity index (χ3n) is 4.93. The summed E-state index contributed by atoms with van der Waals surface area (Å²) in [5.41, 5.74) is 5.58. The monoisotopic (exact) mass is 437 g/mol. The minimum Gasteiger partial charge on any atom is -0.461 e. The van der Waals surface area contributed by atoms with Crippen LogP contribution >= 0.6 is 23.1 Å². The van der Waals surface area contributed by atoms with Gasteiger partial charge in [-0.15, -0.1) is 11.3 Å². The lowest BCUT2D eigenvalue weighted by atomic mass is 9.80. The number of alkyl halides is 1. The molecule has 0 bridgehead atoms. The predicted octanol–water partition coefficient (Wildman–Crippen LogP) is 2.78. The largest absolute Gasteiger partial charge is 0.461 e. The van der Waals surface area contributed by atoms with E-state index in [2.05, 4.69) is 26.9 Å². The van der Waals surface area contributed by atoms with Crippen molar-refractivity contribution in [2.75, 3.05) is 24.5 Å². The number of aromatic nitrogens is 2. The molecule has 3 unspecified atom stereocenters. The maximum atomic E-state index is 12.4. The summed E-state index contributed by atoms with van der Waals surface area (Å²) in [5.74, 6) is 1.38. The highest BCUT2D eigenvalue weighted by Crippen LogP contribution is 2.47. The number of carbonyl (C=O) groups is 1. The number of nitrogens with one attached hydrogen (secondary N) is 1. The van der Waals surface area contributed by atoms with Crippen molar-refractivity contribution in [1.82, 2.24) is 9.97 Å². The molecule has 154 valence electrons. The summed E-state index contributed by atoms with van der Waals surface area (Å²) in [7, 11) is 0. The first-order valence-corrected chi connectivity index (χ1v) is 10.9.